The third kappa shape index (κ3) is 5.79. The number of halogens is 2. The van der Waals surface area contributed by atoms with Crippen LogP contribution in [0.15, 0.2) is 18.2 Å². The van der Waals surface area contributed by atoms with Gasteiger partial charge in [-0.3, -0.25) is 10.3 Å². The van der Waals surface area contributed by atoms with Crippen LogP contribution in [0.4, 0.5) is 8.78 Å². The van der Waals surface area contributed by atoms with Crippen LogP contribution in [-0.2, 0) is 6.54 Å². The van der Waals surface area contributed by atoms with Gasteiger partial charge in [0.05, 0.1) is 5.84 Å². The fourth-order valence-corrected chi connectivity index (χ4v) is 1.94. The van der Waals surface area contributed by atoms with E-state index in [9.17, 15) is 8.78 Å². The lowest BCUT2D eigenvalue weighted by molar-refractivity contribution is 0.239. The Labute approximate surface area is 112 Å². The number of benzene rings is 1. The largest absolute Gasteiger partial charge is 0.388 e. The summed E-state index contributed by atoms with van der Waals surface area (Å²) in [5.74, 6) is -0.331. The average Bonchev–Trinajstić information content (AvgIpc) is 2.30. The maximum Gasteiger partial charge on any atom is 0.127 e. The Bertz CT molecular complexity index is 433. The predicted molar refractivity (Wildman–Crippen MR) is 73.0 cm³/mol. The van der Waals surface area contributed by atoms with Crippen molar-refractivity contribution in [3.8, 4) is 0 Å². The molecule has 0 aliphatic rings. The van der Waals surface area contributed by atoms with Gasteiger partial charge in [-0.05, 0) is 24.1 Å². The van der Waals surface area contributed by atoms with Crippen molar-refractivity contribution in [3.63, 3.8) is 0 Å². The molecule has 0 saturated carbocycles. The summed E-state index contributed by atoms with van der Waals surface area (Å²) in [7, 11) is 0. The molecular weight excluding hydrogens is 248 g/mol. The first kappa shape index (κ1) is 15.6. The summed E-state index contributed by atoms with van der Waals surface area (Å²) in [6, 6.07) is 3.47. The van der Waals surface area contributed by atoms with Crippen molar-refractivity contribution in [2.75, 3.05) is 13.1 Å². The van der Waals surface area contributed by atoms with Crippen molar-refractivity contribution in [1.29, 1.82) is 5.41 Å². The highest BCUT2D eigenvalue weighted by Gasteiger charge is 2.12. The lowest BCUT2D eigenvalue weighted by Crippen LogP contribution is -2.31. The topological polar surface area (TPSA) is 53.1 Å². The number of rotatable bonds is 7. The van der Waals surface area contributed by atoms with Crippen LogP contribution in [-0.4, -0.2) is 23.8 Å². The molecule has 3 nitrogen and oxygen atoms in total. The van der Waals surface area contributed by atoms with Gasteiger partial charge < -0.3 is 5.73 Å². The molecule has 0 spiro atoms. The van der Waals surface area contributed by atoms with E-state index in [0.717, 1.165) is 18.7 Å². The summed E-state index contributed by atoms with van der Waals surface area (Å²) in [4.78, 5) is 1.99. The van der Waals surface area contributed by atoms with Crippen LogP contribution in [0, 0.1) is 23.0 Å². The number of nitrogens with zero attached hydrogens (tertiary/aromatic N) is 1. The number of nitrogens with one attached hydrogen (secondary N) is 1. The van der Waals surface area contributed by atoms with Gasteiger partial charge in [-0.1, -0.05) is 13.8 Å². The SMILES string of the molecule is CC(C)CN(CCC(=N)N)Cc1cc(F)ccc1F. The molecular formula is C14H21F2N3. The van der Waals surface area contributed by atoms with Gasteiger partial charge in [0.2, 0.25) is 0 Å². The molecule has 0 aliphatic carbocycles. The molecule has 0 saturated heterocycles. The maximum absolute atomic E-state index is 13.6. The zero-order chi connectivity index (χ0) is 14.4. The van der Waals surface area contributed by atoms with Crippen molar-refractivity contribution in [3.05, 3.63) is 35.4 Å². The molecule has 0 aliphatic heterocycles. The monoisotopic (exact) mass is 269 g/mol. The molecule has 1 rings (SSSR count). The highest BCUT2D eigenvalue weighted by Crippen LogP contribution is 2.13. The zero-order valence-corrected chi connectivity index (χ0v) is 11.4. The first-order valence-corrected chi connectivity index (χ1v) is 6.37. The van der Waals surface area contributed by atoms with Gasteiger partial charge in [0, 0.05) is 31.6 Å². The molecule has 0 unspecified atom stereocenters. The third-order valence-electron chi connectivity index (χ3n) is 2.72. The number of hydrogen-bond acceptors (Lipinski definition) is 2. The van der Waals surface area contributed by atoms with E-state index in [1.165, 1.54) is 6.07 Å². The molecule has 0 atom stereocenters. The Morgan fingerprint density at radius 1 is 1.37 bits per heavy atom. The standard InChI is InChI=1S/C14H21F2N3/c1-10(2)8-19(6-5-14(17)18)9-11-7-12(15)3-4-13(11)16/h3-4,7,10H,5-6,8-9H2,1-2H3,(H3,17,18). The highest BCUT2D eigenvalue weighted by molar-refractivity contribution is 5.76. The van der Waals surface area contributed by atoms with E-state index in [4.69, 9.17) is 11.1 Å². The Balaban J connectivity index is 2.74. The quantitative estimate of drug-likeness (QED) is 0.590. The van der Waals surface area contributed by atoms with E-state index in [1.807, 2.05) is 4.90 Å². The van der Waals surface area contributed by atoms with Gasteiger partial charge in [0.15, 0.2) is 0 Å². The molecule has 0 amide bonds. The second kappa shape index (κ2) is 7.19. The molecule has 0 fully saturated rings. The van der Waals surface area contributed by atoms with E-state index >= 15 is 0 Å². The van der Waals surface area contributed by atoms with Crippen molar-refractivity contribution >= 4 is 5.84 Å². The van der Waals surface area contributed by atoms with Crippen molar-refractivity contribution in [2.24, 2.45) is 11.7 Å². The molecule has 106 valence electrons. The Morgan fingerprint density at radius 3 is 2.63 bits per heavy atom. The number of hydrogen-bond donors (Lipinski definition) is 2. The van der Waals surface area contributed by atoms with E-state index in [0.29, 0.717) is 31.0 Å². The van der Waals surface area contributed by atoms with Gasteiger partial charge in [-0.2, -0.15) is 0 Å². The van der Waals surface area contributed by atoms with Gasteiger partial charge in [0.25, 0.3) is 0 Å². The molecule has 19 heavy (non-hydrogen) atoms. The summed E-state index contributed by atoms with van der Waals surface area (Å²) in [6.07, 6.45) is 0.434. The highest BCUT2D eigenvalue weighted by atomic mass is 19.1. The van der Waals surface area contributed by atoms with Crippen LogP contribution in [0.5, 0.6) is 0 Å². The molecule has 0 aromatic heterocycles. The normalized spacial score (nSPS) is 11.3. The molecule has 0 radical (unpaired) electrons. The smallest absolute Gasteiger partial charge is 0.127 e. The van der Waals surface area contributed by atoms with Crippen LogP contribution in [0.3, 0.4) is 0 Å². The summed E-state index contributed by atoms with van der Waals surface area (Å²) < 4.78 is 26.7. The second-order valence-electron chi connectivity index (χ2n) is 5.14. The zero-order valence-electron chi connectivity index (χ0n) is 11.4. The first-order valence-electron chi connectivity index (χ1n) is 6.37. The molecule has 3 N–H and O–H groups in total. The molecule has 5 heteroatoms. The number of nitrogens with two attached hydrogens (primary N) is 1. The van der Waals surface area contributed by atoms with Gasteiger partial charge >= 0.3 is 0 Å². The fraction of sp³-hybridized carbons (Fsp3) is 0.500. The Hall–Kier alpha value is -1.49. The molecule has 1 aromatic carbocycles. The van der Waals surface area contributed by atoms with Gasteiger partial charge in [-0.25, -0.2) is 8.78 Å². The summed E-state index contributed by atoms with van der Waals surface area (Å²) >= 11 is 0. The second-order valence-corrected chi connectivity index (χ2v) is 5.14. The summed E-state index contributed by atoms with van der Waals surface area (Å²) in [5.41, 5.74) is 5.68. The van der Waals surface area contributed by atoms with Crippen LogP contribution in [0.1, 0.15) is 25.8 Å². The summed E-state index contributed by atoms with van der Waals surface area (Å²) in [6.45, 7) is 5.77. The van der Waals surface area contributed by atoms with Crippen LogP contribution in [0.25, 0.3) is 0 Å². The molecule has 1 aromatic rings. The van der Waals surface area contributed by atoms with Crippen LogP contribution >= 0.6 is 0 Å². The van der Waals surface area contributed by atoms with Crippen molar-refractivity contribution < 1.29 is 8.78 Å². The van der Waals surface area contributed by atoms with Crippen molar-refractivity contribution in [1.82, 2.24) is 4.90 Å². The predicted octanol–water partition coefficient (Wildman–Crippen LogP) is 2.75. The van der Waals surface area contributed by atoms with E-state index < -0.39 is 11.6 Å². The average molecular weight is 269 g/mol. The lowest BCUT2D eigenvalue weighted by Gasteiger charge is -2.24. The Morgan fingerprint density at radius 2 is 2.05 bits per heavy atom. The van der Waals surface area contributed by atoms with E-state index in [2.05, 4.69) is 13.8 Å². The third-order valence-corrected chi connectivity index (χ3v) is 2.72. The lowest BCUT2D eigenvalue weighted by atomic mass is 10.1. The minimum Gasteiger partial charge on any atom is -0.388 e. The van der Waals surface area contributed by atoms with E-state index in [-0.39, 0.29) is 5.84 Å². The van der Waals surface area contributed by atoms with Gasteiger partial charge in [-0.15, -0.1) is 0 Å². The fourth-order valence-electron chi connectivity index (χ4n) is 1.94. The maximum atomic E-state index is 13.6. The first-order chi connectivity index (χ1) is 8.88. The van der Waals surface area contributed by atoms with Crippen molar-refractivity contribution in [2.45, 2.75) is 26.8 Å². The molecule has 0 bridgehead atoms. The van der Waals surface area contributed by atoms with Crippen LogP contribution < -0.4 is 5.73 Å². The Kier molecular flexibility index (Phi) is 5.89. The summed E-state index contributed by atoms with van der Waals surface area (Å²) in [5, 5.41) is 7.24. The number of amidine groups is 1. The minimum atomic E-state index is -0.438. The minimum absolute atomic E-state index is 0.105. The van der Waals surface area contributed by atoms with Gasteiger partial charge in [0.1, 0.15) is 11.6 Å². The van der Waals surface area contributed by atoms with E-state index in [1.54, 1.807) is 0 Å². The van der Waals surface area contributed by atoms with Crippen LogP contribution in [0.2, 0.25) is 0 Å². The molecule has 0 heterocycles.